The van der Waals surface area contributed by atoms with Crippen molar-refractivity contribution in [2.45, 2.75) is 58.0 Å². The van der Waals surface area contributed by atoms with Crippen LogP contribution >= 0.6 is 0 Å². The van der Waals surface area contributed by atoms with Gasteiger partial charge < -0.3 is 10.6 Å². The zero-order chi connectivity index (χ0) is 10.8. The smallest absolute Gasteiger partial charge is 0.222 e. The van der Waals surface area contributed by atoms with Gasteiger partial charge in [-0.2, -0.15) is 0 Å². The number of amides is 1. The highest BCUT2D eigenvalue weighted by atomic mass is 16.2. The average Bonchev–Trinajstić information content (AvgIpc) is 2.85. The molecule has 1 rings (SSSR count). The molecule has 2 N–H and O–H groups in total. The zero-order valence-electron chi connectivity index (χ0n) is 9.55. The predicted octanol–water partition coefficient (Wildman–Crippen LogP) is 1.51. The first kappa shape index (κ1) is 11.5. The molecular formula is C11H22N2O. The molecule has 1 aliphatic rings. The summed E-state index contributed by atoms with van der Waals surface area (Å²) in [4.78, 5) is 13.8. The molecule has 0 radical (unpaired) electrons. The van der Waals surface area contributed by atoms with E-state index in [2.05, 4.69) is 0 Å². The number of carbonyl (C=O) groups excluding carboxylic acids is 1. The molecule has 82 valence electrons. The van der Waals surface area contributed by atoms with Gasteiger partial charge in [0.05, 0.1) is 0 Å². The second-order valence-electron chi connectivity index (χ2n) is 4.90. The molecule has 1 amide bonds. The molecule has 0 atom stereocenters. The van der Waals surface area contributed by atoms with Gasteiger partial charge in [-0.05, 0) is 40.0 Å². The van der Waals surface area contributed by atoms with Gasteiger partial charge in [0.15, 0.2) is 0 Å². The highest BCUT2D eigenvalue weighted by molar-refractivity contribution is 5.76. The predicted molar refractivity (Wildman–Crippen MR) is 57.9 cm³/mol. The number of nitrogens with zero attached hydrogens (tertiary/aromatic N) is 1. The van der Waals surface area contributed by atoms with E-state index in [-0.39, 0.29) is 11.4 Å². The summed E-state index contributed by atoms with van der Waals surface area (Å²) in [5.41, 5.74) is 5.62. The summed E-state index contributed by atoms with van der Waals surface area (Å²) in [5, 5.41) is 0. The summed E-state index contributed by atoms with van der Waals surface area (Å²) in [6.07, 6.45) is 3.74. The molecule has 0 aliphatic heterocycles. The van der Waals surface area contributed by atoms with Crippen LogP contribution in [0.25, 0.3) is 0 Å². The lowest BCUT2D eigenvalue weighted by molar-refractivity contribution is -0.131. The molecule has 0 saturated heterocycles. The largest absolute Gasteiger partial charge is 0.340 e. The fourth-order valence-electron chi connectivity index (χ4n) is 1.60. The summed E-state index contributed by atoms with van der Waals surface area (Å²) in [7, 11) is 0. The lowest BCUT2D eigenvalue weighted by atomic mass is 10.00. The molecule has 0 aromatic rings. The van der Waals surface area contributed by atoms with E-state index in [9.17, 15) is 4.79 Å². The van der Waals surface area contributed by atoms with E-state index < -0.39 is 0 Å². The van der Waals surface area contributed by atoms with Crippen LogP contribution in [0.4, 0.5) is 0 Å². The van der Waals surface area contributed by atoms with Gasteiger partial charge in [0, 0.05) is 24.5 Å². The van der Waals surface area contributed by atoms with E-state index in [0.717, 1.165) is 13.0 Å². The first-order chi connectivity index (χ1) is 6.44. The van der Waals surface area contributed by atoms with Crippen LogP contribution in [0, 0.1) is 0 Å². The minimum atomic E-state index is -0.224. The second kappa shape index (κ2) is 4.30. The Morgan fingerprint density at radius 2 is 2.07 bits per heavy atom. The van der Waals surface area contributed by atoms with E-state index in [1.807, 2.05) is 25.7 Å². The second-order valence-corrected chi connectivity index (χ2v) is 4.90. The van der Waals surface area contributed by atoms with Crippen LogP contribution in [0.15, 0.2) is 0 Å². The average molecular weight is 198 g/mol. The summed E-state index contributed by atoms with van der Waals surface area (Å²) in [6, 6.07) is 0.536. The van der Waals surface area contributed by atoms with Crippen LogP contribution in [-0.4, -0.2) is 28.9 Å². The van der Waals surface area contributed by atoms with Crippen molar-refractivity contribution in [3.63, 3.8) is 0 Å². The van der Waals surface area contributed by atoms with Crippen LogP contribution in [0.1, 0.15) is 46.5 Å². The Morgan fingerprint density at radius 1 is 1.50 bits per heavy atom. The Labute approximate surface area is 86.6 Å². The van der Waals surface area contributed by atoms with Gasteiger partial charge in [-0.1, -0.05) is 0 Å². The minimum absolute atomic E-state index is 0.224. The number of hydrogen-bond donors (Lipinski definition) is 1. The third-order valence-electron chi connectivity index (χ3n) is 2.63. The van der Waals surface area contributed by atoms with Crippen LogP contribution in [-0.2, 0) is 4.79 Å². The molecule has 0 unspecified atom stereocenters. The minimum Gasteiger partial charge on any atom is -0.340 e. The Bertz CT molecular complexity index is 204. The number of hydrogen-bond acceptors (Lipinski definition) is 2. The summed E-state index contributed by atoms with van der Waals surface area (Å²) < 4.78 is 0. The summed E-state index contributed by atoms with van der Waals surface area (Å²) in [5.74, 6) is 0.272. The van der Waals surface area contributed by atoms with Gasteiger partial charge in [0.25, 0.3) is 0 Å². The van der Waals surface area contributed by atoms with Gasteiger partial charge in [-0.25, -0.2) is 0 Å². The van der Waals surface area contributed by atoms with Crippen LogP contribution in [0.3, 0.4) is 0 Å². The third kappa shape index (κ3) is 3.66. The van der Waals surface area contributed by atoms with E-state index in [1.165, 1.54) is 12.8 Å². The first-order valence-corrected chi connectivity index (χ1v) is 5.52. The van der Waals surface area contributed by atoms with Crippen molar-refractivity contribution in [3.05, 3.63) is 0 Å². The Hall–Kier alpha value is -0.570. The summed E-state index contributed by atoms with van der Waals surface area (Å²) in [6.45, 7) is 6.82. The molecule has 3 nitrogen and oxygen atoms in total. The molecule has 0 aromatic heterocycles. The van der Waals surface area contributed by atoms with Crippen molar-refractivity contribution in [2.24, 2.45) is 5.73 Å². The molecule has 14 heavy (non-hydrogen) atoms. The molecule has 3 heteroatoms. The maximum Gasteiger partial charge on any atom is 0.222 e. The molecule has 1 aliphatic carbocycles. The van der Waals surface area contributed by atoms with Crippen molar-refractivity contribution in [2.75, 3.05) is 6.54 Å². The fraction of sp³-hybridized carbons (Fsp3) is 0.909. The monoisotopic (exact) mass is 198 g/mol. The highest BCUT2D eigenvalue weighted by Crippen LogP contribution is 2.27. The topological polar surface area (TPSA) is 46.3 Å². The molecular weight excluding hydrogens is 176 g/mol. The van der Waals surface area contributed by atoms with E-state index in [0.29, 0.717) is 12.5 Å². The highest BCUT2D eigenvalue weighted by Gasteiger charge is 2.31. The molecule has 0 bridgehead atoms. The van der Waals surface area contributed by atoms with E-state index in [4.69, 9.17) is 5.73 Å². The third-order valence-corrected chi connectivity index (χ3v) is 2.63. The van der Waals surface area contributed by atoms with Gasteiger partial charge in [0.2, 0.25) is 5.91 Å². The Morgan fingerprint density at radius 3 is 2.43 bits per heavy atom. The van der Waals surface area contributed by atoms with Gasteiger partial charge >= 0.3 is 0 Å². The van der Waals surface area contributed by atoms with Crippen molar-refractivity contribution < 1.29 is 4.79 Å². The van der Waals surface area contributed by atoms with Crippen LogP contribution in [0.2, 0.25) is 0 Å². The maximum atomic E-state index is 11.8. The lowest BCUT2D eigenvalue weighted by Crippen LogP contribution is -2.37. The quantitative estimate of drug-likeness (QED) is 0.728. The molecule has 1 saturated carbocycles. The summed E-state index contributed by atoms with van der Waals surface area (Å²) >= 11 is 0. The van der Waals surface area contributed by atoms with Crippen molar-refractivity contribution >= 4 is 5.91 Å². The van der Waals surface area contributed by atoms with E-state index in [1.54, 1.807) is 0 Å². The van der Waals surface area contributed by atoms with E-state index >= 15 is 0 Å². The number of nitrogens with two attached hydrogens (primary N) is 1. The molecule has 1 fully saturated rings. The normalized spacial score (nSPS) is 16.9. The zero-order valence-corrected chi connectivity index (χ0v) is 9.55. The molecule has 0 heterocycles. The van der Waals surface area contributed by atoms with Crippen molar-refractivity contribution in [1.82, 2.24) is 4.90 Å². The van der Waals surface area contributed by atoms with Crippen molar-refractivity contribution in [3.8, 4) is 0 Å². The molecule has 0 aromatic carbocycles. The molecule has 0 spiro atoms. The Balaban J connectivity index is 2.32. The Kier molecular flexibility index (Phi) is 3.53. The van der Waals surface area contributed by atoms with Crippen molar-refractivity contribution in [1.29, 1.82) is 0 Å². The van der Waals surface area contributed by atoms with Gasteiger partial charge in [0.1, 0.15) is 0 Å². The SMILES string of the molecule is CCN(C(=O)CCC(C)(C)N)C1CC1. The van der Waals surface area contributed by atoms with Gasteiger partial charge in [-0.3, -0.25) is 4.79 Å². The number of rotatable bonds is 5. The van der Waals surface area contributed by atoms with Crippen LogP contribution < -0.4 is 5.73 Å². The fourth-order valence-corrected chi connectivity index (χ4v) is 1.60. The van der Waals surface area contributed by atoms with Gasteiger partial charge in [-0.15, -0.1) is 0 Å². The van der Waals surface area contributed by atoms with Crippen LogP contribution in [0.5, 0.6) is 0 Å². The standard InChI is InChI=1S/C11H22N2O/c1-4-13(9-5-6-9)10(14)7-8-11(2,3)12/h9H,4-8,12H2,1-3H3. The first-order valence-electron chi connectivity index (χ1n) is 5.52. The lowest BCUT2D eigenvalue weighted by Gasteiger charge is -2.23. The number of carbonyl (C=O) groups is 1. The maximum absolute atomic E-state index is 11.8.